The van der Waals surface area contributed by atoms with Crippen LogP contribution < -0.4 is 11.1 Å². The Balaban J connectivity index is 1.92. The van der Waals surface area contributed by atoms with Gasteiger partial charge in [0.05, 0.1) is 0 Å². The summed E-state index contributed by atoms with van der Waals surface area (Å²) in [5, 5.41) is 3.68. The van der Waals surface area contributed by atoms with Crippen LogP contribution in [-0.2, 0) is 11.8 Å². The topological polar surface area (TPSA) is 77.1 Å². The largest absolute Gasteiger partial charge is 0.368 e. The van der Waals surface area contributed by atoms with Crippen LogP contribution in [0.3, 0.4) is 0 Å². The normalized spacial score (nSPS) is 12.0. The number of rotatable bonds is 4. The van der Waals surface area contributed by atoms with Gasteiger partial charge in [0.15, 0.2) is 0 Å². The van der Waals surface area contributed by atoms with Crippen molar-refractivity contribution in [1.82, 2.24) is 9.88 Å². The predicted octanol–water partition coefficient (Wildman–Crippen LogP) is 2.13. The summed E-state index contributed by atoms with van der Waals surface area (Å²) < 4.78 is 1.80. The number of hydrogen-bond acceptors (Lipinski definition) is 2. The minimum atomic E-state index is -0.860. The summed E-state index contributed by atoms with van der Waals surface area (Å²) in [6.45, 7) is 0. The summed E-state index contributed by atoms with van der Waals surface area (Å²) in [6, 6.07) is 17.6. The Morgan fingerprint density at radius 3 is 2.35 bits per heavy atom. The summed E-state index contributed by atoms with van der Waals surface area (Å²) in [6.07, 6.45) is 0. The number of aromatic nitrogens is 1. The van der Waals surface area contributed by atoms with E-state index in [1.165, 1.54) is 0 Å². The van der Waals surface area contributed by atoms with E-state index in [0.29, 0.717) is 11.3 Å². The number of aryl methyl sites for hydroxylation is 1. The van der Waals surface area contributed by atoms with Crippen LogP contribution in [0.1, 0.15) is 22.1 Å². The first-order valence-electron chi connectivity index (χ1n) is 7.27. The van der Waals surface area contributed by atoms with Crippen LogP contribution in [-0.4, -0.2) is 16.4 Å². The molecule has 0 fully saturated rings. The third-order valence-electron chi connectivity index (χ3n) is 3.88. The molecule has 3 N–H and O–H groups in total. The van der Waals surface area contributed by atoms with Crippen molar-refractivity contribution in [3.63, 3.8) is 0 Å². The number of carbonyl (C=O) groups is 2. The highest BCUT2D eigenvalue weighted by Gasteiger charge is 2.22. The summed E-state index contributed by atoms with van der Waals surface area (Å²) in [4.78, 5) is 24.3. The number of hydrogen-bond donors (Lipinski definition) is 2. The zero-order chi connectivity index (χ0) is 16.4. The molecule has 0 aliphatic heterocycles. The van der Waals surface area contributed by atoms with E-state index in [0.717, 1.165) is 10.9 Å². The van der Waals surface area contributed by atoms with Crippen molar-refractivity contribution >= 4 is 22.7 Å². The van der Waals surface area contributed by atoms with E-state index in [4.69, 9.17) is 5.73 Å². The average Bonchev–Trinajstić information content (AvgIpc) is 2.90. The highest BCUT2D eigenvalue weighted by Crippen LogP contribution is 2.19. The highest BCUT2D eigenvalue weighted by molar-refractivity contribution is 6.00. The molecule has 2 aromatic carbocycles. The number of amides is 2. The third-order valence-corrected chi connectivity index (χ3v) is 3.88. The standard InChI is InChI=1S/C18H17N3O2/c1-21-14-10-6-5-9-13(14)11-15(21)18(23)20-16(17(19)22)12-7-3-2-4-8-12/h2-11,16H,1H3,(H2,19,22)(H,20,23). The lowest BCUT2D eigenvalue weighted by atomic mass is 10.1. The van der Waals surface area contributed by atoms with Crippen LogP contribution in [0.25, 0.3) is 10.9 Å². The molecule has 0 aliphatic rings. The number of primary amides is 1. The van der Waals surface area contributed by atoms with Crippen LogP contribution in [0.2, 0.25) is 0 Å². The van der Waals surface area contributed by atoms with Crippen molar-refractivity contribution in [3.8, 4) is 0 Å². The van der Waals surface area contributed by atoms with Crippen molar-refractivity contribution in [3.05, 3.63) is 71.9 Å². The monoisotopic (exact) mass is 307 g/mol. The second-order valence-corrected chi connectivity index (χ2v) is 5.37. The number of nitrogens with one attached hydrogen (secondary N) is 1. The molecule has 1 aromatic heterocycles. The van der Waals surface area contributed by atoms with Crippen molar-refractivity contribution in [2.75, 3.05) is 0 Å². The minimum absolute atomic E-state index is 0.337. The Kier molecular flexibility index (Phi) is 3.85. The SMILES string of the molecule is Cn1c(C(=O)NC(C(N)=O)c2ccccc2)cc2ccccc21. The van der Waals surface area contributed by atoms with Gasteiger partial charge >= 0.3 is 0 Å². The molecule has 0 saturated heterocycles. The number of nitrogens with two attached hydrogens (primary N) is 1. The van der Waals surface area contributed by atoms with E-state index in [2.05, 4.69) is 5.32 Å². The van der Waals surface area contributed by atoms with E-state index in [1.807, 2.05) is 37.4 Å². The molecule has 5 heteroatoms. The van der Waals surface area contributed by atoms with Gasteiger partial charge in [0.25, 0.3) is 5.91 Å². The van der Waals surface area contributed by atoms with E-state index >= 15 is 0 Å². The first kappa shape index (κ1) is 14.8. The van der Waals surface area contributed by atoms with Crippen molar-refractivity contribution in [2.24, 2.45) is 12.8 Å². The Hall–Kier alpha value is -3.08. The molecular formula is C18H17N3O2. The third kappa shape index (κ3) is 2.81. The number of nitrogens with zero attached hydrogens (tertiary/aromatic N) is 1. The molecular weight excluding hydrogens is 290 g/mol. The molecule has 0 spiro atoms. The molecule has 3 rings (SSSR count). The van der Waals surface area contributed by atoms with Crippen LogP contribution in [0, 0.1) is 0 Å². The van der Waals surface area contributed by atoms with Crippen LogP contribution in [0.4, 0.5) is 0 Å². The summed E-state index contributed by atoms with van der Waals surface area (Å²) in [5.41, 5.74) is 7.54. The molecule has 3 aromatic rings. The molecule has 1 unspecified atom stereocenters. The molecule has 0 aliphatic carbocycles. The summed E-state index contributed by atoms with van der Waals surface area (Å²) in [5.74, 6) is -0.931. The first-order valence-corrected chi connectivity index (χ1v) is 7.27. The van der Waals surface area contributed by atoms with Crippen molar-refractivity contribution < 1.29 is 9.59 Å². The van der Waals surface area contributed by atoms with Gasteiger partial charge in [-0.25, -0.2) is 0 Å². The Bertz CT molecular complexity index is 868. The summed E-state index contributed by atoms with van der Waals surface area (Å²) >= 11 is 0. The van der Waals surface area contributed by atoms with Gasteiger partial charge in [0.2, 0.25) is 5.91 Å². The summed E-state index contributed by atoms with van der Waals surface area (Å²) in [7, 11) is 1.82. The first-order chi connectivity index (χ1) is 11.1. The molecule has 1 heterocycles. The van der Waals surface area contributed by atoms with Crippen LogP contribution in [0.15, 0.2) is 60.7 Å². The Morgan fingerprint density at radius 1 is 1.04 bits per heavy atom. The van der Waals surface area contributed by atoms with Gasteiger partial charge in [0.1, 0.15) is 11.7 Å². The second-order valence-electron chi connectivity index (χ2n) is 5.37. The number of para-hydroxylation sites is 1. The predicted molar refractivity (Wildman–Crippen MR) is 88.8 cm³/mol. The molecule has 5 nitrogen and oxygen atoms in total. The van der Waals surface area contributed by atoms with Crippen LogP contribution in [0.5, 0.6) is 0 Å². The maximum absolute atomic E-state index is 12.6. The van der Waals surface area contributed by atoms with E-state index in [1.54, 1.807) is 34.9 Å². The maximum Gasteiger partial charge on any atom is 0.268 e. The van der Waals surface area contributed by atoms with E-state index in [-0.39, 0.29) is 5.91 Å². The second kappa shape index (κ2) is 5.96. The average molecular weight is 307 g/mol. The van der Waals surface area contributed by atoms with Gasteiger partial charge in [-0.15, -0.1) is 0 Å². The van der Waals surface area contributed by atoms with Crippen molar-refractivity contribution in [1.29, 1.82) is 0 Å². The molecule has 23 heavy (non-hydrogen) atoms. The van der Waals surface area contributed by atoms with Gasteiger partial charge in [-0.2, -0.15) is 0 Å². The van der Waals surface area contributed by atoms with E-state index in [9.17, 15) is 9.59 Å². The zero-order valence-corrected chi connectivity index (χ0v) is 12.7. The van der Waals surface area contributed by atoms with Crippen LogP contribution >= 0.6 is 0 Å². The number of fused-ring (bicyclic) bond motifs is 1. The fourth-order valence-electron chi connectivity index (χ4n) is 2.68. The van der Waals surface area contributed by atoms with E-state index < -0.39 is 11.9 Å². The quantitative estimate of drug-likeness (QED) is 0.774. The molecule has 0 bridgehead atoms. The lowest BCUT2D eigenvalue weighted by molar-refractivity contribution is -0.120. The van der Waals surface area contributed by atoms with Gasteiger partial charge in [-0.05, 0) is 17.7 Å². The Morgan fingerprint density at radius 2 is 1.70 bits per heavy atom. The molecule has 1 atom stereocenters. The van der Waals surface area contributed by atoms with Gasteiger partial charge in [0, 0.05) is 18.0 Å². The van der Waals surface area contributed by atoms with Gasteiger partial charge in [-0.3, -0.25) is 9.59 Å². The highest BCUT2D eigenvalue weighted by atomic mass is 16.2. The zero-order valence-electron chi connectivity index (χ0n) is 12.7. The minimum Gasteiger partial charge on any atom is -0.368 e. The molecule has 116 valence electrons. The maximum atomic E-state index is 12.6. The van der Waals surface area contributed by atoms with Gasteiger partial charge in [-0.1, -0.05) is 48.5 Å². The fraction of sp³-hybridized carbons (Fsp3) is 0.111. The lowest BCUT2D eigenvalue weighted by Gasteiger charge is -2.16. The lowest BCUT2D eigenvalue weighted by Crippen LogP contribution is -2.38. The Labute approximate surface area is 133 Å². The smallest absolute Gasteiger partial charge is 0.268 e. The fourth-order valence-corrected chi connectivity index (χ4v) is 2.68. The molecule has 0 saturated carbocycles. The van der Waals surface area contributed by atoms with Gasteiger partial charge < -0.3 is 15.6 Å². The molecule has 2 amide bonds. The number of benzene rings is 2. The molecule has 0 radical (unpaired) electrons. The van der Waals surface area contributed by atoms with Crippen molar-refractivity contribution in [2.45, 2.75) is 6.04 Å². The number of carbonyl (C=O) groups excluding carboxylic acids is 2.